The van der Waals surface area contributed by atoms with Crippen LogP contribution in [0.4, 0.5) is 29.1 Å². The van der Waals surface area contributed by atoms with E-state index in [0.29, 0.717) is 11.1 Å². The molecular weight excluding hydrogens is 454 g/mol. The van der Waals surface area contributed by atoms with Crippen molar-refractivity contribution in [2.75, 3.05) is 30.9 Å². The predicted octanol–water partition coefficient (Wildman–Crippen LogP) is 4.89. The van der Waals surface area contributed by atoms with Gasteiger partial charge in [0.1, 0.15) is 23.6 Å². The van der Waals surface area contributed by atoms with E-state index in [0.717, 1.165) is 38.3 Å². The largest absolute Gasteiger partial charge is 0.481 e. The maximum absolute atomic E-state index is 16.0. The molecule has 11 heteroatoms. The summed E-state index contributed by atoms with van der Waals surface area (Å²) in [5.41, 5.74) is 3.69. The minimum absolute atomic E-state index is 0.0167. The molecule has 5 heterocycles. The van der Waals surface area contributed by atoms with E-state index < -0.39 is 28.8 Å². The number of aromatic nitrogens is 3. The van der Waals surface area contributed by atoms with Crippen LogP contribution in [-0.4, -0.2) is 41.3 Å². The molecule has 34 heavy (non-hydrogen) atoms. The van der Waals surface area contributed by atoms with Crippen molar-refractivity contribution in [3.05, 3.63) is 29.2 Å². The predicted molar refractivity (Wildman–Crippen MR) is 119 cm³/mol. The van der Waals surface area contributed by atoms with E-state index in [1.807, 2.05) is 0 Å². The summed E-state index contributed by atoms with van der Waals surface area (Å²) >= 11 is 0. The lowest BCUT2D eigenvalue weighted by Crippen LogP contribution is -2.38. The molecule has 2 aliphatic rings. The number of pyridine rings is 3. The summed E-state index contributed by atoms with van der Waals surface area (Å²) in [6.45, 7) is 2.18. The van der Waals surface area contributed by atoms with Crippen LogP contribution in [0.2, 0.25) is 0 Å². The second-order valence-electron chi connectivity index (χ2n) is 8.55. The third kappa shape index (κ3) is 3.63. The number of nitrogens with two attached hydrogens (primary N) is 1. The summed E-state index contributed by atoms with van der Waals surface area (Å²) in [5.74, 6) is -1.01. The average molecular weight is 477 g/mol. The summed E-state index contributed by atoms with van der Waals surface area (Å²) in [4.78, 5) is 14.4. The second-order valence-corrected chi connectivity index (χ2v) is 8.55. The van der Waals surface area contributed by atoms with E-state index in [9.17, 15) is 13.2 Å². The molecule has 1 atom stereocenters. The number of methoxy groups -OCH3 is 1. The number of ether oxygens (including phenoxy) is 2. The minimum Gasteiger partial charge on any atom is -0.481 e. The second kappa shape index (κ2) is 8.14. The molecule has 1 fully saturated rings. The molecule has 1 unspecified atom stereocenters. The Balaban J connectivity index is 1.83. The highest BCUT2D eigenvalue weighted by atomic mass is 19.4. The van der Waals surface area contributed by atoms with E-state index in [1.54, 1.807) is 6.07 Å². The Labute approximate surface area is 192 Å². The van der Waals surface area contributed by atoms with Gasteiger partial charge in [-0.15, -0.1) is 0 Å². The number of nitrogen functional groups attached to an aromatic ring is 1. The highest BCUT2D eigenvalue weighted by molar-refractivity contribution is 5.99. The van der Waals surface area contributed by atoms with Gasteiger partial charge in [0, 0.05) is 18.2 Å². The van der Waals surface area contributed by atoms with Crippen LogP contribution in [0.15, 0.2) is 12.1 Å². The van der Waals surface area contributed by atoms with Gasteiger partial charge in [-0.2, -0.15) is 13.2 Å². The first-order valence-electron chi connectivity index (χ1n) is 11.0. The molecule has 0 saturated carbocycles. The molecule has 1 saturated heterocycles. The normalized spacial score (nSPS) is 18.2. The van der Waals surface area contributed by atoms with Gasteiger partial charge in [0.2, 0.25) is 11.8 Å². The lowest BCUT2D eigenvalue weighted by atomic mass is 10.0. The highest BCUT2D eigenvalue weighted by Crippen LogP contribution is 2.45. The first-order chi connectivity index (χ1) is 16.2. The molecule has 2 aliphatic heterocycles. The Morgan fingerprint density at radius 2 is 1.94 bits per heavy atom. The lowest BCUT2D eigenvalue weighted by molar-refractivity contribution is -0.137. The summed E-state index contributed by atoms with van der Waals surface area (Å²) in [7, 11) is 1.41. The van der Waals surface area contributed by atoms with Crippen LogP contribution in [0.1, 0.15) is 36.9 Å². The zero-order chi connectivity index (χ0) is 24.2. The van der Waals surface area contributed by atoms with Gasteiger partial charge in [0.15, 0.2) is 5.82 Å². The van der Waals surface area contributed by atoms with Crippen LogP contribution < -0.4 is 20.1 Å². The molecule has 3 aromatic heterocycles. The SMILES string of the molecule is COc1cc2c3c(nc(-c4cc(N)nc(C)c4C(F)(F)F)c(F)c3n1)OCC1CCCCCN21. The molecule has 0 bridgehead atoms. The fraction of sp³-hybridized carbons (Fsp3) is 0.435. The molecule has 2 N–H and O–H groups in total. The number of hydrogen-bond acceptors (Lipinski definition) is 7. The Morgan fingerprint density at radius 3 is 2.68 bits per heavy atom. The molecule has 0 spiro atoms. The standard InChI is InChI=1S/C23H23F4N5O2/c1-11-18(23(25,26)27)13(8-15(28)29-11)20-19(24)21-17-14(9-16(30-21)33-2)32-7-5-3-4-6-12(32)10-34-22(17)31-20/h8-9,12H,3-7,10H2,1-2H3,(H2,28,29). The van der Waals surface area contributed by atoms with Crippen LogP contribution in [0.3, 0.4) is 0 Å². The minimum atomic E-state index is -4.80. The number of hydrogen-bond donors (Lipinski definition) is 1. The lowest BCUT2D eigenvalue weighted by Gasteiger charge is -2.30. The van der Waals surface area contributed by atoms with Crippen LogP contribution in [0, 0.1) is 12.7 Å². The van der Waals surface area contributed by atoms with Gasteiger partial charge in [0.25, 0.3) is 0 Å². The number of rotatable bonds is 2. The molecule has 0 amide bonds. The van der Waals surface area contributed by atoms with Crippen molar-refractivity contribution < 1.29 is 27.0 Å². The maximum atomic E-state index is 16.0. The number of aryl methyl sites for hydroxylation is 1. The fourth-order valence-corrected chi connectivity index (χ4v) is 4.90. The first-order valence-corrected chi connectivity index (χ1v) is 11.0. The van der Waals surface area contributed by atoms with E-state index >= 15 is 4.39 Å². The summed E-state index contributed by atoms with van der Waals surface area (Å²) in [6.07, 6.45) is -0.891. The van der Waals surface area contributed by atoms with Crippen molar-refractivity contribution in [3.8, 4) is 23.0 Å². The van der Waals surface area contributed by atoms with E-state index in [1.165, 1.54) is 14.0 Å². The third-order valence-corrected chi connectivity index (χ3v) is 6.39. The van der Waals surface area contributed by atoms with Crippen LogP contribution in [0.25, 0.3) is 22.2 Å². The van der Waals surface area contributed by atoms with Gasteiger partial charge in [0.05, 0.1) is 35.5 Å². The quantitative estimate of drug-likeness (QED) is 0.526. The van der Waals surface area contributed by atoms with Gasteiger partial charge < -0.3 is 20.1 Å². The maximum Gasteiger partial charge on any atom is 0.418 e. The fourth-order valence-electron chi connectivity index (χ4n) is 4.90. The van der Waals surface area contributed by atoms with Crippen molar-refractivity contribution >= 4 is 22.4 Å². The number of fused-ring (bicyclic) bond motifs is 2. The van der Waals surface area contributed by atoms with E-state index in [2.05, 4.69) is 19.9 Å². The van der Waals surface area contributed by atoms with Gasteiger partial charge in [-0.25, -0.2) is 19.3 Å². The van der Waals surface area contributed by atoms with Crippen molar-refractivity contribution in [2.45, 2.75) is 44.8 Å². The van der Waals surface area contributed by atoms with Crippen LogP contribution in [-0.2, 0) is 6.18 Å². The summed E-state index contributed by atoms with van der Waals surface area (Å²) in [5, 5.41) is 0.318. The third-order valence-electron chi connectivity index (χ3n) is 6.39. The molecule has 180 valence electrons. The summed E-state index contributed by atoms with van der Waals surface area (Å²) in [6, 6.07) is 2.70. The summed E-state index contributed by atoms with van der Waals surface area (Å²) < 4.78 is 69.1. The zero-order valence-corrected chi connectivity index (χ0v) is 18.7. The molecular formula is C23H23F4N5O2. The van der Waals surface area contributed by atoms with Crippen molar-refractivity contribution in [1.29, 1.82) is 0 Å². The Bertz CT molecular complexity index is 1280. The zero-order valence-electron chi connectivity index (χ0n) is 18.7. The van der Waals surface area contributed by atoms with Gasteiger partial charge in [-0.3, -0.25) is 0 Å². The van der Waals surface area contributed by atoms with Crippen molar-refractivity contribution in [2.24, 2.45) is 0 Å². The van der Waals surface area contributed by atoms with Gasteiger partial charge in [-0.1, -0.05) is 12.8 Å². The molecule has 5 rings (SSSR count). The Kier molecular flexibility index (Phi) is 5.37. The van der Waals surface area contributed by atoms with Gasteiger partial charge >= 0.3 is 6.18 Å². The molecule has 0 aliphatic carbocycles. The highest BCUT2D eigenvalue weighted by Gasteiger charge is 2.39. The molecule has 0 aromatic carbocycles. The topological polar surface area (TPSA) is 86.4 Å². The smallest absolute Gasteiger partial charge is 0.418 e. The molecule has 7 nitrogen and oxygen atoms in total. The van der Waals surface area contributed by atoms with Crippen LogP contribution in [0.5, 0.6) is 11.8 Å². The number of nitrogens with zero attached hydrogens (tertiary/aromatic N) is 4. The first kappa shape index (κ1) is 22.4. The molecule has 3 aromatic rings. The Hall–Kier alpha value is -3.37. The van der Waals surface area contributed by atoms with Gasteiger partial charge in [-0.05, 0) is 25.8 Å². The molecule has 0 radical (unpaired) electrons. The Morgan fingerprint density at radius 1 is 1.15 bits per heavy atom. The van der Waals surface area contributed by atoms with Crippen molar-refractivity contribution in [3.63, 3.8) is 0 Å². The number of alkyl halides is 3. The van der Waals surface area contributed by atoms with Crippen molar-refractivity contribution in [1.82, 2.24) is 15.0 Å². The average Bonchev–Trinajstić information content (AvgIpc) is 3.08. The monoisotopic (exact) mass is 477 g/mol. The number of anilines is 2. The van der Waals surface area contributed by atoms with Crippen LogP contribution >= 0.6 is 0 Å². The number of halogens is 4. The van der Waals surface area contributed by atoms with E-state index in [4.69, 9.17) is 15.2 Å². The van der Waals surface area contributed by atoms with E-state index in [-0.39, 0.29) is 41.4 Å².